The fraction of sp³-hybridized carbons (Fsp3) is 0.441. The van der Waals surface area contributed by atoms with E-state index in [1.807, 2.05) is 30.3 Å². The van der Waals surface area contributed by atoms with E-state index in [1.54, 1.807) is 12.1 Å². The lowest BCUT2D eigenvalue weighted by Crippen LogP contribution is -2.56. The summed E-state index contributed by atoms with van der Waals surface area (Å²) in [4.78, 5) is 19.0. The summed E-state index contributed by atoms with van der Waals surface area (Å²) in [6, 6.07) is 11.2. The third-order valence-electron chi connectivity index (χ3n) is 10.1. The van der Waals surface area contributed by atoms with Crippen molar-refractivity contribution in [2.24, 2.45) is 0 Å². The molecule has 3 fully saturated rings. The molecule has 4 atom stereocenters. The molecule has 4 aliphatic heterocycles. The third-order valence-corrected chi connectivity index (χ3v) is 10.1. The molecule has 0 bridgehead atoms. The third kappa shape index (κ3) is 4.49. The number of hydrogen-bond acceptors (Lipinski definition) is 8. The number of benzene rings is 2. The first kappa shape index (κ1) is 27.6. The Balaban J connectivity index is 1.29. The van der Waals surface area contributed by atoms with Crippen molar-refractivity contribution >= 4 is 27.5 Å². The number of phenolic OH excluding ortho intramolecular Hbond substituents is 1. The molecule has 6 heterocycles. The summed E-state index contributed by atoms with van der Waals surface area (Å²) in [7, 11) is 0. The van der Waals surface area contributed by atoms with Gasteiger partial charge in [-0.15, -0.1) is 6.58 Å². The van der Waals surface area contributed by atoms with Gasteiger partial charge in [0.2, 0.25) is 0 Å². The SMILES string of the molecule is C=CCC1CN2c3nc(OC[C@@]45CCCN4C[C@H](F)C5)nc4c(F)c(-c5cc(O)cc6ccccc56)nc(c34)CC[C@@H]2CN1. The van der Waals surface area contributed by atoms with Gasteiger partial charge in [-0.1, -0.05) is 30.3 Å². The lowest BCUT2D eigenvalue weighted by Gasteiger charge is -2.40. The number of nitrogens with zero attached hydrogens (tertiary/aromatic N) is 5. The second-order valence-electron chi connectivity index (χ2n) is 12.8. The van der Waals surface area contributed by atoms with Crippen LogP contribution in [-0.4, -0.2) is 81.5 Å². The van der Waals surface area contributed by atoms with Crippen molar-refractivity contribution in [1.82, 2.24) is 25.2 Å². The van der Waals surface area contributed by atoms with Crippen molar-refractivity contribution in [3.8, 4) is 23.0 Å². The lowest BCUT2D eigenvalue weighted by atomic mass is 9.95. The summed E-state index contributed by atoms with van der Waals surface area (Å²) in [6.07, 6.45) is 5.54. The van der Waals surface area contributed by atoms with Crippen LogP contribution >= 0.6 is 0 Å². The summed E-state index contributed by atoms with van der Waals surface area (Å²) < 4.78 is 37.7. The molecule has 228 valence electrons. The molecule has 0 amide bonds. The number of halogens is 2. The highest BCUT2D eigenvalue weighted by molar-refractivity contribution is 6.01. The Hall–Kier alpha value is -3.89. The van der Waals surface area contributed by atoms with Crippen LogP contribution < -0.4 is 15.0 Å². The van der Waals surface area contributed by atoms with Gasteiger partial charge in [0, 0.05) is 43.7 Å². The van der Waals surface area contributed by atoms with Crippen LogP contribution in [0.2, 0.25) is 0 Å². The normalized spacial score (nSPS) is 26.5. The van der Waals surface area contributed by atoms with E-state index in [4.69, 9.17) is 19.7 Å². The molecule has 3 saturated heterocycles. The summed E-state index contributed by atoms with van der Waals surface area (Å²) in [6.45, 7) is 6.90. The number of phenols is 1. The van der Waals surface area contributed by atoms with Gasteiger partial charge in [-0.05, 0) is 61.6 Å². The van der Waals surface area contributed by atoms with Crippen LogP contribution in [0.25, 0.3) is 32.9 Å². The summed E-state index contributed by atoms with van der Waals surface area (Å²) in [5, 5.41) is 16.4. The van der Waals surface area contributed by atoms with Crippen LogP contribution in [0.3, 0.4) is 0 Å². The zero-order valence-corrected chi connectivity index (χ0v) is 24.6. The number of ether oxygens (including phenoxy) is 1. The number of hydrogen-bond donors (Lipinski definition) is 2. The van der Waals surface area contributed by atoms with Crippen LogP contribution in [0.15, 0.2) is 49.1 Å². The van der Waals surface area contributed by atoms with Crippen LogP contribution in [0.5, 0.6) is 11.8 Å². The lowest BCUT2D eigenvalue weighted by molar-refractivity contribution is 0.107. The molecule has 8 nitrogen and oxygen atoms in total. The topological polar surface area (TPSA) is 86.6 Å². The average molecular weight is 599 g/mol. The minimum absolute atomic E-state index is 0.0397. The average Bonchev–Trinajstić information content (AvgIpc) is 3.50. The first-order chi connectivity index (χ1) is 21.4. The van der Waals surface area contributed by atoms with Gasteiger partial charge in [0.15, 0.2) is 5.82 Å². The van der Waals surface area contributed by atoms with E-state index >= 15 is 4.39 Å². The minimum atomic E-state index is -0.879. The van der Waals surface area contributed by atoms with Crippen LogP contribution in [0.4, 0.5) is 14.6 Å². The molecule has 1 unspecified atom stereocenters. The maximum atomic E-state index is 16.9. The number of rotatable bonds is 6. The number of nitrogens with one attached hydrogen (secondary N) is 1. The number of anilines is 1. The molecule has 0 aliphatic carbocycles. The van der Waals surface area contributed by atoms with Gasteiger partial charge >= 0.3 is 6.01 Å². The second-order valence-corrected chi connectivity index (χ2v) is 12.8. The number of aryl methyl sites for hydroxylation is 1. The predicted molar refractivity (Wildman–Crippen MR) is 167 cm³/mol. The van der Waals surface area contributed by atoms with E-state index in [-0.39, 0.29) is 47.2 Å². The molecule has 0 spiro atoms. The summed E-state index contributed by atoms with van der Waals surface area (Å²) in [5.41, 5.74) is 1.17. The number of alkyl halides is 1. The number of piperazine rings is 1. The summed E-state index contributed by atoms with van der Waals surface area (Å²) >= 11 is 0. The van der Waals surface area contributed by atoms with E-state index in [1.165, 1.54) is 0 Å². The first-order valence-corrected chi connectivity index (χ1v) is 15.7. The largest absolute Gasteiger partial charge is 0.508 e. The molecule has 2 aromatic heterocycles. The molecule has 2 aromatic carbocycles. The Bertz CT molecular complexity index is 1780. The van der Waals surface area contributed by atoms with Crippen molar-refractivity contribution in [3.63, 3.8) is 0 Å². The molecular formula is C34H36F2N6O2. The Labute approximate surface area is 254 Å². The molecule has 44 heavy (non-hydrogen) atoms. The smallest absolute Gasteiger partial charge is 0.319 e. The minimum Gasteiger partial charge on any atom is -0.508 e. The van der Waals surface area contributed by atoms with E-state index < -0.39 is 12.0 Å². The zero-order chi connectivity index (χ0) is 30.0. The fourth-order valence-electron chi connectivity index (χ4n) is 8.02. The summed E-state index contributed by atoms with van der Waals surface area (Å²) in [5.74, 6) is 0.0970. The highest BCUT2D eigenvalue weighted by Crippen LogP contribution is 2.43. The van der Waals surface area contributed by atoms with Gasteiger partial charge in [-0.25, -0.2) is 13.8 Å². The Morgan fingerprint density at radius 1 is 1.18 bits per heavy atom. The molecule has 10 heteroatoms. The first-order valence-electron chi connectivity index (χ1n) is 15.7. The zero-order valence-electron chi connectivity index (χ0n) is 24.6. The molecule has 0 saturated carbocycles. The van der Waals surface area contributed by atoms with Crippen molar-refractivity contribution in [1.29, 1.82) is 0 Å². The molecule has 2 N–H and O–H groups in total. The highest BCUT2D eigenvalue weighted by atomic mass is 19.1. The molecular weight excluding hydrogens is 562 g/mol. The van der Waals surface area contributed by atoms with E-state index in [2.05, 4.69) is 21.7 Å². The second kappa shape index (κ2) is 10.6. The van der Waals surface area contributed by atoms with Crippen LogP contribution in [0.1, 0.15) is 37.8 Å². The molecule has 4 aliphatic rings. The van der Waals surface area contributed by atoms with Crippen molar-refractivity contribution in [2.75, 3.05) is 37.7 Å². The van der Waals surface area contributed by atoms with Crippen molar-refractivity contribution in [3.05, 3.63) is 60.6 Å². The standard InChI is InChI=1S/C34H36F2N6O2/c1-2-6-22-18-42-23(16-37-22)9-10-27-28-31(29(36)30(38-27)26-14-24(43)13-20-7-3-4-8-25(20)26)39-33(40-32(28)42)44-19-34-11-5-12-41(34)17-21(35)15-34/h2-4,7-8,13-14,21-23,37,43H,1,5-6,9-12,15-19H2/t21-,22?,23-,34+/m1/s1. The number of pyridine rings is 1. The number of fused-ring (bicyclic) bond motifs is 4. The van der Waals surface area contributed by atoms with Gasteiger partial charge in [0.1, 0.15) is 35.6 Å². The van der Waals surface area contributed by atoms with Gasteiger partial charge < -0.3 is 20.1 Å². The molecule has 8 rings (SSSR count). The predicted octanol–water partition coefficient (Wildman–Crippen LogP) is 5.31. The maximum Gasteiger partial charge on any atom is 0.319 e. The Kier molecular flexibility index (Phi) is 6.68. The molecule has 0 radical (unpaired) electrons. The van der Waals surface area contributed by atoms with Crippen molar-refractivity contribution < 1.29 is 18.6 Å². The van der Waals surface area contributed by atoms with E-state index in [0.29, 0.717) is 42.7 Å². The van der Waals surface area contributed by atoms with E-state index in [9.17, 15) is 9.50 Å². The monoisotopic (exact) mass is 598 g/mol. The number of aromatic hydroxyl groups is 1. The number of aromatic nitrogens is 3. The van der Waals surface area contributed by atoms with Crippen LogP contribution in [0, 0.1) is 5.82 Å². The molecule has 4 aromatic rings. The quantitative estimate of drug-likeness (QED) is 0.289. The highest BCUT2D eigenvalue weighted by Gasteiger charge is 2.49. The van der Waals surface area contributed by atoms with Gasteiger partial charge in [0.25, 0.3) is 0 Å². The maximum absolute atomic E-state index is 16.9. The van der Waals surface area contributed by atoms with Crippen molar-refractivity contribution in [2.45, 2.75) is 62.3 Å². The van der Waals surface area contributed by atoms with E-state index in [0.717, 1.165) is 55.2 Å². The Morgan fingerprint density at radius 2 is 2.07 bits per heavy atom. The van der Waals surface area contributed by atoms with Gasteiger partial charge in [0.05, 0.1) is 16.6 Å². The fourth-order valence-corrected chi connectivity index (χ4v) is 8.02. The van der Waals surface area contributed by atoms with Crippen LogP contribution in [-0.2, 0) is 6.42 Å². The van der Waals surface area contributed by atoms with Gasteiger partial charge in [-0.3, -0.25) is 4.90 Å². The van der Waals surface area contributed by atoms with Gasteiger partial charge in [-0.2, -0.15) is 9.97 Å². The Morgan fingerprint density at radius 3 is 2.95 bits per heavy atom.